The van der Waals surface area contributed by atoms with Crippen molar-refractivity contribution in [1.29, 1.82) is 0 Å². The van der Waals surface area contributed by atoms with Crippen molar-refractivity contribution in [2.24, 2.45) is 5.92 Å². The third kappa shape index (κ3) is 6.74. The smallest absolute Gasteiger partial charge is 0.255 e. The molecule has 5 heterocycles. The molecule has 10 nitrogen and oxygen atoms in total. The average Bonchev–Trinajstić information content (AvgIpc) is 3.72. The first-order valence-corrected chi connectivity index (χ1v) is 20.9. The number of piperazine rings is 1. The Morgan fingerprint density at radius 3 is 2.24 bits per heavy atom. The van der Waals surface area contributed by atoms with Gasteiger partial charge in [0.2, 0.25) is 17.8 Å². The second-order valence-corrected chi connectivity index (χ2v) is 16.6. The fourth-order valence-corrected chi connectivity index (χ4v) is 10.1. The standard InChI is InChI=1S/C47H48FN7O3/c48-45-44-38-8-4-7-36(31-5-2-1-3-6-31)43(39(38)15-16-40(44)50-51-45)32-9-11-34(12-10-32)53-21-19-30(20-22-53)28-52-23-25-54(26-24-52)35-13-14-37-33(27-35)29-55(47(37)58)41-17-18-42(56)49-46(41)57/h1-3,5-6,9-16,27,30,41H,4,7-8,17-26,28-29H2,(H,50,51)(H,49,56,57)/t41-/m0/s1. The predicted molar refractivity (Wildman–Crippen MR) is 224 cm³/mol. The number of carbonyl (C=O) groups excluding carboxylic acids is 3. The van der Waals surface area contributed by atoms with Gasteiger partial charge in [-0.3, -0.25) is 29.7 Å². The van der Waals surface area contributed by atoms with Gasteiger partial charge >= 0.3 is 0 Å². The monoisotopic (exact) mass is 777 g/mol. The number of nitrogens with one attached hydrogen (secondary N) is 2. The maximum absolute atomic E-state index is 15.0. The van der Waals surface area contributed by atoms with Crippen LogP contribution in [0.2, 0.25) is 0 Å². The van der Waals surface area contributed by atoms with Gasteiger partial charge in [-0.25, -0.2) is 0 Å². The van der Waals surface area contributed by atoms with Crippen LogP contribution in [0.15, 0.2) is 84.9 Å². The molecular weight excluding hydrogens is 730 g/mol. The highest BCUT2D eigenvalue weighted by molar-refractivity contribution is 6.06. The Bertz CT molecular complexity index is 2430. The Morgan fingerprint density at radius 2 is 1.47 bits per heavy atom. The van der Waals surface area contributed by atoms with Crippen molar-refractivity contribution in [3.05, 3.63) is 124 Å². The molecule has 4 aromatic carbocycles. The number of piperidine rings is 2. The molecule has 0 saturated carbocycles. The van der Waals surface area contributed by atoms with E-state index in [0.717, 1.165) is 111 Å². The number of aromatic amines is 1. The normalized spacial score (nSPS) is 20.7. The lowest BCUT2D eigenvalue weighted by Gasteiger charge is -2.40. The van der Waals surface area contributed by atoms with Crippen LogP contribution in [0.1, 0.15) is 76.7 Å². The van der Waals surface area contributed by atoms with Crippen molar-refractivity contribution < 1.29 is 18.8 Å². The van der Waals surface area contributed by atoms with Gasteiger partial charge in [0.1, 0.15) is 6.04 Å². The number of imide groups is 1. The van der Waals surface area contributed by atoms with E-state index in [9.17, 15) is 14.4 Å². The first-order valence-electron chi connectivity index (χ1n) is 20.9. The van der Waals surface area contributed by atoms with Crippen LogP contribution in [0.5, 0.6) is 0 Å². The summed E-state index contributed by atoms with van der Waals surface area (Å²) in [5.74, 6) is -0.542. The van der Waals surface area contributed by atoms with Gasteiger partial charge in [0.25, 0.3) is 5.91 Å². The predicted octanol–water partition coefficient (Wildman–Crippen LogP) is 6.80. The molecule has 58 heavy (non-hydrogen) atoms. The Labute approximate surface area is 337 Å². The molecule has 1 atom stereocenters. The zero-order valence-electron chi connectivity index (χ0n) is 32.7. The van der Waals surface area contributed by atoms with E-state index in [-0.39, 0.29) is 24.1 Å². The van der Waals surface area contributed by atoms with Crippen molar-refractivity contribution in [1.82, 2.24) is 25.3 Å². The van der Waals surface area contributed by atoms with Crippen LogP contribution < -0.4 is 15.1 Å². The van der Waals surface area contributed by atoms with Gasteiger partial charge in [-0.15, -0.1) is 5.10 Å². The quantitative estimate of drug-likeness (QED) is 0.175. The minimum atomic E-state index is -0.595. The highest BCUT2D eigenvalue weighted by Gasteiger charge is 2.39. The number of fused-ring (bicyclic) bond motifs is 4. The van der Waals surface area contributed by atoms with Crippen LogP contribution in [0.25, 0.3) is 22.0 Å². The van der Waals surface area contributed by atoms with Crippen molar-refractivity contribution in [2.45, 2.75) is 57.5 Å². The number of benzene rings is 4. The Hall–Kier alpha value is -5.81. The molecule has 11 heteroatoms. The number of aromatic nitrogens is 2. The van der Waals surface area contributed by atoms with Crippen LogP contribution in [-0.2, 0) is 22.6 Å². The largest absolute Gasteiger partial charge is 0.372 e. The van der Waals surface area contributed by atoms with E-state index < -0.39 is 12.0 Å². The highest BCUT2D eigenvalue weighted by Crippen LogP contribution is 2.43. The van der Waals surface area contributed by atoms with Gasteiger partial charge in [-0.1, -0.05) is 48.5 Å². The average molecular weight is 778 g/mol. The second-order valence-electron chi connectivity index (χ2n) is 16.6. The van der Waals surface area contributed by atoms with Crippen molar-refractivity contribution in [3.8, 4) is 0 Å². The number of amides is 3. The molecule has 10 rings (SSSR count). The van der Waals surface area contributed by atoms with Gasteiger partial charge < -0.3 is 14.7 Å². The molecular formula is C47H48FN7O3. The summed E-state index contributed by atoms with van der Waals surface area (Å²) in [6.45, 7) is 7.45. The molecule has 2 N–H and O–H groups in total. The lowest BCUT2D eigenvalue weighted by Crippen LogP contribution is -2.52. The van der Waals surface area contributed by atoms with E-state index in [2.05, 4.69) is 96.9 Å². The molecule has 0 bridgehead atoms. The fraction of sp³-hybridized carbons (Fsp3) is 0.362. The van der Waals surface area contributed by atoms with Gasteiger partial charge in [0.05, 0.1) is 10.9 Å². The van der Waals surface area contributed by atoms with E-state index >= 15 is 4.39 Å². The number of hydrogen-bond acceptors (Lipinski definition) is 7. The molecule has 1 aliphatic carbocycles. The first-order chi connectivity index (χ1) is 28.4. The minimum Gasteiger partial charge on any atom is -0.372 e. The number of allylic oxidation sites excluding steroid dienone is 1. The lowest BCUT2D eigenvalue weighted by molar-refractivity contribution is -0.136. The number of carbonyl (C=O) groups is 3. The van der Waals surface area contributed by atoms with E-state index in [1.54, 1.807) is 4.90 Å². The number of halogens is 1. The third-order valence-corrected chi connectivity index (χ3v) is 13.2. The molecule has 296 valence electrons. The first kappa shape index (κ1) is 36.5. The van der Waals surface area contributed by atoms with Crippen molar-refractivity contribution in [3.63, 3.8) is 0 Å². The van der Waals surface area contributed by atoms with Gasteiger partial charge in [0, 0.05) is 75.7 Å². The van der Waals surface area contributed by atoms with Gasteiger partial charge in [-0.05, 0) is 120 Å². The van der Waals surface area contributed by atoms with Crippen LogP contribution in [-0.4, -0.2) is 89.6 Å². The molecule has 0 radical (unpaired) electrons. The summed E-state index contributed by atoms with van der Waals surface area (Å²) in [6, 6.07) is 29.3. The number of rotatable bonds is 7. The van der Waals surface area contributed by atoms with Crippen molar-refractivity contribution >= 4 is 51.1 Å². The van der Waals surface area contributed by atoms with E-state index in [4.69, 9.17) is 0 Å². The minimum absolute atomic E-state index is 0.129. The van der Waals surface area contributed by atoms with E-state index in [0.29, 0.717) is 29.8 Å². The van der Waals surface area contributed by atoms with Crippen molar-refractivity contribution in [2.75, 3.05) is 55.6 Å². The van der Waals surface area contributed by atoms with Gasteiger partial charge in [0.15, 0.2) is 0 Å². The Balaban J connectivity index is 0.766. The number of nitrogens with zero attached hydrogens (tertiary/aromatic N) is 5. The van der Waals surface area contributed by atoms with E-state index in [1.807, 2.05) is 18.2 Å². The summed E-state index contributed by atoms with van der Waals surface area (Å²) in [6.07, 6.45) is 5.62. The highest BCUT2D eigenvalue weighted by atomic mass is 19.1. The molecule has 5 aliphatic rings. The van der Waals surface area contributed by atoms with Crippen LogP contribution in [0.3, 0.4) is 0 Å². The Morgan fingerprint density at radius 1 is 0.724 bits per heavy atom. The SMILES string of the molecule is O=C1CC[C@H](N2Cc3cc(N4CCN(CC5CCN(c6ccc(C7=C(c8ccccc8)CCCc8c7ccc7[nH]nc(F)c87)cc6)CC5)CC4)ccc3C2=O)C(=O)N1. The summed E-state index contributed by atoms with van der Waals surface area (Å²) in [5, 5.41) is 9.79. The molecule has 0 spiro atoms. The second kappa shape index (κ2) is 15.2. The lowest BCUT2D eigenvalue weighted by atomic mass is 9.87. The number of H-pyrrole nitrogens is 1. The van der Waals surface area contributed by atoms with E-state index in [1.165, 1.54) is 22.4 Å². The number of aryl methyl sites for hydroxylation is 1. The van der Waals surface area contributed by atoms with Crippen LogP contribution in [0, 0.1) is 11.9 Å². The molecule has 0 unspecified atom stereocenters. The molecule has 3 saturated heterocycles. The maximum Gasteiger partial charge on any atom is 0.255 e. The molecule has 4 aliphatic heterocycles. The van der Waals surface area contributed by atoms with Crippen LogP contribution in [0.4, 0.5) is 15.8 Å². The summed E-state index contributed by atoms with van der Waals surface area (Å²) in [7, 11) is 0. The summed E-state index contributed by atoms with van der Waals surface area (Å²) >= 11 is 0. The fourth-order valence-electron chi connectivity index (χ4n) is 10.1. The van der Waals surface area contributed by atoms with Crippen LogP contribution >= 0.6 is 0 Å². The molecule has 3 amide bonds. The molecule has 5 aromatic rings. The third-order valence-electron chi connectivity index (χ3n) is 13.2. The summed E-state index contributed by atoms with van der Waals surface area (Å²) in [4.78, 5) is 46.5. The topological polar surface area (TPSA) is 105 Å². The zero-order chi connectivity index (χ0) is 39.3. The summed E-state index contributed by atoms with van der Waals surface area (Å²) in [5.41, 5.74) is 11.7. The maximum atomic E-state index is 15.0. The van der Waals surface area contributed by atoms with Gasteiger partial charge in [-0.2, -0.15) is 4.39 Å². The zero-order valence-corrected chi connectivity index (χ0v) is 32.7. The molecule has 1 aromatic heterocycles. The number of anilines is 2. The summed E-state index contributed by atoms with van der Waals surface area (Å²) < 4.78 is 15.0. The Kier molecular flexibility index (Phi) is 9.55. The molecule has 3 fully saturated rings. The number of hydrogen-bond donors (Lipinski definition) is 2.